The van der Waals surface area contributed by atoms with Crippen molar-refractivity contribution in [3.05, 3.63) is 44.2 Å². The zero-order valence-electron chi connectivity index (χ0n) is 16.4. The maximum Gasteiger partial charge on any atom is 0.417 e. The molecular weight excluding hydrogens is 492 g/mol. The van der Waals surface area contributed by atoms with Gasteiger partial charge >= 0.3 is 6.18 Å². The van der Waals surface area contributed by atoms with Gasteiger partial charge in [-0.25, -0.2) is 4.98 Å². The molecule has 32 heavy (non-hydrogen) atoms. The molecule has 0 aromatic carbocycles. The standard InChI is InChI=1S/C19H17Cl2F3N4O3S/c20-13-2-8-32-17(13)15(29)1-3-26-31-11-16(30)27-4-6-28(7-5-27)18-14(21)9-12(10-25-18)19(22,23)24/h2-3,8-10H,1,4-7,11H2/b26-3+. The van der Waals surface area contributed by atoms with Crippen molar-refractivity contribution in [1.29, 1.82) is 0 Å². The van der Waals surface area contributed by atoms with Crippen LogP contribution in [0, 0.1) is 0 Å². The Kier molecular flexibility index (Phi) is 7.96. The quantitative estimate of drug-likeness (QED) is 0.315. The number of pyridine rings is 1. The van der Waals surface area contributed by atoms with Gasteiger partial charge in [0.1, 0.15) is 5.82 Å². The molecule has 3 heterocycles. The number of aromatic nitrogens is 1. The van der Waals surface area contributed by atoms with Gasteiger partial charge in [0.25, 0.3) is 5.91 Å². The molecule has 1 fully saturated rings. The Hall–Kier alpha value is -2.37. The van der Waals surface area contributed by atoms with Crippen LogP contribution in [0.5, 0.6) is 0 Å². The van der Waals surface area contributed by atoms with Gasteiger partial charge in [0.15, 0.2) is 12.4 Å². The monoisotopic (exact) mass is 508 g/mol. The minimum Gasteiger partial charge on any atom is -0.386 e. The fourth-order valence-electron chi connectivity index (χ4n) is 2.93. The molecular formula is C19H17Cl2F3N4O3S. The Morgan fingerprint density at radius 3 is 2.53 bits per heavy atom. The summed E-state index contributed by atoms with van der Waals surface area (Å²) >= 11 is 13.1. The summed E-state index contributed by atoms with van der Waals surface area (Å²) in [5, 5.41) is 5.62. The smallest absolute Gasteiger partial charge is 0.386 e. The van der Waals surface area contributed by atoms with E-state index in [1.165, 1.54) is 17.6 Å². The SMILES string of the molecule is O=C(C/C=N/OCC(=O)N1CCN(c2ncc(C(F)(F)F)cc2Cl)CC1)c1sccc1Cl. The van der Waals surface area contributed by atoms with Crippen LogP contribution in [-0.2, 0) is 15.8 Å². The lowest BCUT2D eigenvalue weighted by atomic mass is 10.2. The molecule has 3 rings (SSSR count). The van der Waals surface area contributed by atoms with E-state index in [-0.39, 0.29) is 35.6 Å². The van der Waals surface area contributed by atoms with Crippen molar-refractivity contribution in [3.8, 4) is 0 Å². The molecule has 7 nitrogen and oxygen atoms in total. The van der Waals surface area contributed by atoms with Crippen LogP contribution in [0.15, 0.2) is 28.9 Å². The first-order chi connectivity index (χ1) is 15.2. The molecule has 0 N–H and O–H groups in total. The van der Waals surface area contributed by atoms with Gasteiger partial charge in [-0.15, -0.1) is 11.3 Å². The highest BCUT2D eigenvalue weighted by Gasteiger charge is 2.32. The zero-order chi connectivity index (χ0) is 23.3. The number of hydrogen-bond acceptors (Lipinski definition) is 7. The summed E-state index contributed by atoms with van der Waals surface area (Å²) in [6, 6.07) is 2.47. The Morgan fingerprint density at radius 1 is 1.22 bits per heavy atom. The van der Waals surface area contributed by atoms with Crippen molar-refractivity contribution in [2.75, 3.05) is 37.7 Å². The Morgan fingerprint density at radius 2 is 1.94 bits per heavy atom. The second kappa shape index (κ2) is 10.5. The van der Waals surface area contributed by atoms with Crippen LogP contribution in [0.2, 0.25) is 10.0 Å². The summed E-state index contributed by atoms with van der Waals surface area (Å²) in [5.74, 6) is -0.264. The van der Waals surface area contributed by atoms with Crippen molar-refractivity contribution in [2.45, 2.75) is 12.6 Å². The predicted octanol–water partition coefficient (Wildman–Crippen LogP) is 4.39. The second-order valence-electron chi connectivity index (χ2n) is 6.68. The van der Waals surface area contributed by atoms with Crippen LogP contribution >= 0.6 is 34.5 Å². The van der Waals surface area contributed by atoms with Gasteiger partial charge in [0.2, 0.25) is 0 Å². The van der Waals surface area contributed by atoms with Crippen LogP contribution in [0.1, 0.15) is 21.7 Å². The van der Waals surface area contributed by atoms with E-state index in [1.807, 2.05) is 0 Å². The van der Waals surface area contributed by atoms with Crippen molar-refractivity contribution >= 4 is 58.3 Å². The van der Waals surface area contributed by atoms with Gasteiger partial charge < -0.3 is 14.6 Å². The zero-order valence-corrected chi connectivity index (χ0v) is 18.8. The van der Waals surface area contributed by atoms with Crippen molar-refractivity contribution in [2.24, 2.45) is 5.16 Å². The van der Waals surface area contributed by atoms with Crippen molar-refractivity contribution in [1.82, 2.24) is 9.88 Å². The van der Waals surface area contributed by atoms with Gasteiger partial charge in [0.05, 0.1) is 33.1 Å². The lowest BCUT2D eigenvalue weighted by Crippen LogP contribution is -2.50. The van der Waals surface area contributed by atoms with Gasteiger partial charge in [-0.05, 0) is 17.5 Å². The fourth-order valence-corrected chi connectivity index (χ4v) is 4.33. The van der Waals surface area contributed by atoms with Crippen LogP contribution in [0.4, 0.5) is 19.0 Å². The maximum atomic E-state index is 12.8. The van der Waals surface area contributed by atoms with Gasteiger partial charge in [-0.1, -0.05) is 28.4 Å². The molecule has 13 heteroatoms. The highest BCUT2D eigenvalue weighted by Crippen LogP contribution is 2.33. The third-order valence-corrected chi connectivity index (χ3v) is 6.23. The molecule has 1 aliphatic heterocycles. The number of carbonyl (C=O) groups is 2. The first-order valence-electron chi connectivity index (χ1n) is 9.32. The number of ketones is 1. The van der Waals surface area contributed by atoms with E-state index < -0.39 is 11.7 Å². The number of halogens is 5. The van der Waals surface area contributed by atoms with Crippen LogP contribution in [0.25, 0.3) is 0 Å². The molecule has 2 aromatic rings. The molecule has 0 atom stereocenters. The minimum absolute atomic E-state index is 0.00597. The molecule has 2 aromatic heterocycles. The third-order valence-electron chi connectivity index (χ3n) is 4.57. The highest BCUT2D eigenvalue weighted by atomic mass is 35.5. The molecule has 1 amide bonds. The maximum absolute atomic E-state index is 12.8. The average Bonchev–Trinajstić information content (AvgIpc) is 3.18. The molecule has 0 saturated carbocycles. The summed E-state index contributed by atoms with van der Waals surface area (Å²) in [7, 11) is 0. The number of nitrogens with zero attached hydrogens (tertiary/aromatic N) is 4. The lowest BCUT2D eigenvalue weighted by molar-refractivity contribution is -0.138. The summed E-state index contributed by atoms with van der Waals surface area (Å²) in [4.78, 5) is 36.7. The third kappa shape index (κ3) is 6.11. The summed E-state index contributed by atoms with van der Waals surface area (Å²) < 4.78 is 38.3. The Balaban J connectivity index is 1.43. The van der Waals surface area contributed by atoms with E-state index in [1.54, 1.807) is 21.2 Å². The molecule has 172 valence electrons. The summed E-state index contributed by atoms with van der Waals surface area (Å²) in [6.45, 7) is 1.04. The molecule has 0 radical (unpaired) electrons. The number of thiophene rings is 1. The van der Waals surface area contributed by atoms with E-state index in [2.05, 4.69) is 10.1 Å². The number of rotatable bonds is 7. The first-order valence-corrected chi connectivity index (χ1v) is 11.0. The van der Waals surface area contributed by atoms with Crippen LogP contribution in [0.3, 0.4) is 0 Å². The fraction of sp³-hybridized carbons (Fsp3) is 0.368. The number of amides is 1. The highest BCUT2D eigenvalue weighted by molar-refractivity contribution is 7.12. The summed E-state index contributed by atoms with van der Waals surface area (Å²) in [6.07, 6.45) is -2.52. The van der Waals surface area contributed by atoms with Gasteiger partial charge in [-0.3, -0.25) is 9.59 Å². The van der Waals surface area contributed by atoms with E-state index in [0.29, 0.717) is 36.1 Å². The number of piperazine rings is 1. The van der Waals surface area contributed by atoms with Crippen LogP contribution < -0.4 is 4.90 Å². The number of alkyl halides is 3. The predicted molar refractivity (Wildman–Crippen MR) is 116 cm³/mol. The number of oxime groups is 1. The molecule has 0 spiro atoms. The lowest BCUT2D eigenvalue weighted by Gasteiger charge is -2.35. The van der Waals surface area contributed by atoms with Crippen molar-refractivity contribution in [3.63, 3.8) is 0 Å². The van der Waals surface area contributed by atoms with E-state index in [9.17, 15) is 22.8 Å². The topological polar surface area (TPSA) is 75.1 Å². The number of hydrogen-bond donors (Lipinski definition) is 0. The number of carbonyl (C=O) groups excluding carboxylic acids is 2. The molecule has 0 unspecified atom stereocenters. The Labute approximate surface area is 195 Å². The summed E-state index contributed by atoms with van der Waals surface area (Å²) in [5.41, 5.74) is -0.919. The molecule has 0 bridgehead atoms. The largest absolute Gasteiger partial charge is 0.417 e. The van der Waals surface area contributed by atoms with E-state index in [4.69, 9.17) is 28.0 Å². The van der Waals surface area contributed by atoms with Gasteiger partial charge in [-0.2, -0.15) is 13.2 Å². The Bertz CT molecular complexity index is 1010. The number of anilines is 1. The van der Waals surface area contributed by atoms with Crippen molar-refractivity contribution < 1.29 is 27.6 Å². The second-order valence-corrected chi connectivity index (χ2v) is 8.41. The molecule has 0 aliphatic carbocycles. The van der Waals surface area contributed by atoms with Gasteiger partial charge in [0, 0.05) is 32.4 Å². The van der Waals surface area contributed by atoms with Crippen LogP contribution in [-0.4, -0.2) is 60.6 Å². The van der Waals surface area contributed by atoms with E-state index >= 15 is 0 Å². The minimum atomic E-state index is -4.52. The molecule has 1 aliphatic rings. The normalized spacial score (nSPS) is 14.8. The average molecular weight is 509 g/mol. The molecule has 1 saturated heterocycles. The first kappa shape index (κ1) is 24.3. The number of Topliss-reactive ketones (excluding diaryl/α,β-unsaturated/α-hetero) is 1. The van der Waals surface area contributed by atoms with E-state index in [0.717, 1.165) is 12.3 Å².